The highest BCUT2D eigenvalue weighted by molar-refractivity contribution is 7.22. The lowest BCUT2D eigenvalue weighted by Gasteiger charge is -2.08. The molecule has 160 valence electrons. The third kappa shape index (κ3) is 3.54. The van der Waals surface area contributed by atoms with Crippen LogP contribution >= 0.6 is 11.3 Å². The van der Waals surface area contributed by atoms with Crippen LogP contribution in [0.2, 0.25) is 0 Å². The average molecular weight is 443 g/mol. The van der Waals surface area contributed by atoms with Crippen molar-refractivity contribution in [3.05, 3.63) is 87.0 Å². The van der Waals surface area contributed by atoms with Crippen LogP contribution in [-0.4, -0.2) is 19.7 Å². The second-order valence-electron chi connectivity index (χ2n) is 8.13. The van der Waals surface area contributed by atoms with Gasteiger partial charge in [0.15, 0.2) is 0 Å². The molecule has 0 bridgehead atoms. The Hall–Kier alpha value is -3.58. The van der Waals surface area contributed by atoms with E-state index in [-0.39, 0.29) is 5.56 Å². The van der Waals surface area contributed by atoms with Gasteiger partial charge in [-0.2, -0.15) is 4.98 Å². The standard InChI is InChI=1S/C25H22N4O2S/c1-14-6-5-7-19(10-14)22-27-23(31-28-22)21-17(4)20-24(32-21)26-13-29(25(20)30)12-18-9-8-15(2)16(3)11-18/h5-11,13H,12H2,1-4H3. The number of hydrogen-bond donors (Lipinski definition) is 0. The number of benzene rings is 2. The van der Waals surface area contributed by atoms with Crippen LogP contribution in [0.1, 0.15) is 27.8 Å². The summed E-state index contributed by atoms with van der Waals surface area (Å²) in [6.45, 7) is 8.57. The summed E-state index contributed by atoms with van der Waals surface area (Å²) in [5.41, 5.74) is 6.29. The molecule has 0 fully saturated rings. The Balaban J connectivity index is 1.54. The summed E-state index contributed by atoms with van der Waals surface area (Å²) in [6, 6.07) is 14.2. The van der Waals surface area contributed by atoms with Gasteiger partial charge in [-0.1, -0.05) is 47.1 Å². The second-order valence-corrected chi connectivity index (χ2v) is 9.12. The van der Waals surface area contributed by atoms with E-state index in [0.717, 1.165) is 27.1 Å². The van der Waals surface area contributed by atoms with Gasteiger partial charge in [0, 0.05) is 5.56 Å². The van der Waals surface area contributed by atoms with Gasteiger partial charge in [-0.25, -0.2) is 4.98 Å². The number of aryl methyl sites for hydroxylation is 4. The molecule has 0 spiro atoms. The fraction of sp³-hybridized carbons (Fsp3) is 0.200. The number of aromatic nitrogens is 4. The molecule has 7 heteroatoms. The zero-order chi connectivity index (χ0) is 22.4. The molecule has 0 aliphatic carbocycles. The number of rotatable bonds is 4. The second kappa shape index (κ2) is 7.84. The third-order valence-corrected chi connectivity index (χ3v) is 6.93. The summed E-state index contributed by atoms with van der Waals surface area (Å²) >= 11 is 1.40. The zero-order valence-electron chi connectivity index (χ0n) is 18.3. The Morgan fingerprint density at radius 3 is 2.66 bits per heavy atom. The maximum absolute atomic E-state index is 13.3. The molecule has 3 aromatic heterocycles. The molecule has 0 aliphatic rings. The van der Waals surface area contributed by atoms with E-state index in [4.69, 9.17) is 4.52 Å². The summed E-state index contributed by atoms with van der Waals surface area (Å²) in [6.07, 6.45) is 1.62. The molecule has 0 atom stereocenters. The van der Waals surface area contributed by atoms with Crippen molar-refractivity contribution in [1.82, 2.24) is 19.7 Å². The number of thiophene rings is 1. The van der Waals surface area contributed by atoms with Crippen LogP contribution in [-0.2, 0) is 6.54 Å². The molecule has 0 N–H and O–H groups in total. The monoisotopic (exact) mass is 442 g/mol. The van der Waals surface area contributed by atoms with Gasteiger partial charge in [0.05, 0.1) is 23.1 Å². The Kier molecular flexibility index (Phi) is 4.98. The topological polar surface area (TPSA) is 73.8 Å². The van der Waals surface area contributed by atoms with E-state index in [0.29, 0.717) is 28.5 Å². The molecule has 32 heavy (non-hydrogen) atoms. The van der Waals surface area contributed by atoms with Gasteiger partial charge in [0.25, 0.3) is 11.4 Å². The van der Waals surface area contributed by atoms with E-state index in [2.05, 4.69) is 47.2 Å². The van der Waals surface area contributed by atoms with Gasteiger partial charge >= 0.3 is 0 Å². The minimum Gasteiger partial charge on any atom is -0.333 e. The van der Waals surface area contributed by atoms with E-state index in [9.17, 15) is 4.79 Å². The molecular formula is C25H22N4O2S. The van der Waals surface area contributed by atoms with Gasteiger partial charge in [-0.05, 0) is 56.0 Å². The lowest BCUT2D eigenvalue weighted by Crippen LogP contribution is -2.21. The first-order valence-electron chi connectivity index (χ1n) is 10.4. The van der Waals surface area contributed by atoms with Crippen molar-refractivity contribution < 1.29 is 4.52 Å². The van der Waals surface area contributed by atoms with E-state index < -0.39 is 0 Å². The molecule has 0 amide bonds. The first-order valence-corrected chi connectivity index (χ1v) is 11.2. The third-order valence-electron chi connectivity index (χ3n) is 5.74. The maximum Gasteiger partial charge on any atom is 0.268 e. The quantitative estimate of drug-likeness (QED) is 0.370. The van der Waals surface area contributed by atoms with E-state index in [1.165, 1.54) is 22.5 Å². The molecule has 2 aromatic carbocycles. The zero-order valence-corrected chi connectivity index (χ0v) is 19.2. The van der Waals surface area contributed by atoms with Crippen LogP contribution in [0.15, 0.2) is 58.1 Å². The van der Waals surface area contributed by atoms with Gasteiger partial charge in [0.1, 0.15) is 4.83 Å². The van der Waals surface area contributed by atoms with Crippen molar-refractivity contribution in [3.8, 4) is 22.2 Å². The molecule has 0 radical (unpaired) electrons. The van der Waals surface area contributed by atoms with Crippen LogP contribution in [0.3, 0.4) is 0 Å². The van der Waals surface area contributed by atoms with E-state index in [1.807, 2.05) is 38.1 Å². The van der Waals surface area contributed by atoms with Crippen molar-refractivity contribution in [2.75, 3.05) is 0 Å². The number of hydrogen-bond acceptors (Lipinski definition) is 6. The summed E-state index contributed by atoms with van der Waals surface area (Å²) in [5, 5.41) is 4.75. The lowest BCUT2D eigenvalue weighted by atomic mass is 10.1. The fourth-order valence-corrected chi connectivity index (χ4v) is 4.85. The highest BCUT2D eigenvalue weighted by atomic mass is 32.1. The number of nitrogens with zero attached hydrogens (tertiary/aromatic N) is 4. The van der Waals surface area contributed by atoms with E-state index in [1.54, 1.807) is 10.9 Å². The molecule has 3 heterocycles. The van der Waals surface area contributed by atoms with Crippen LogP contribution in [0.25, 0.3) is 32.4 Å². The molecule has 0 unspecified atom stereocenters. The Morgan fingerprint density at radius 2 is 1.88 bits per heavy atom. The van der Waals surface area contributed by atoms with Crippen molar-refractivity contribution >= 4 is 21.6 Å². The summed E-state index contributed by atoms with van der Waals surface area (Å²) in [5.74, 6) is 0.933. The molecule has 0 aliphatic heterocycles. The SMILES string of the molecule is Cc1cccc(-c2noc(-c3sc4ncn(Cc5ccc(C)c(C)c5)c(=O)c4c3C)n2)c1. The first-order chi connectivity index (χ1) is 15.4. The largest absolute Gasteiger partial charge is 0.333 e. The van der Waals surface area contributed by atoms with Crippen LogP contribution in [0.4, 0.5) is 0 Å². The molecule has 0 saturated carbocycles. The molecule has 5 aromatic rings. The van der Waals surface area contributed by atoms with Gasteiger partial charge in [0.2, 0.25) is 5.82 Å². The highest BCUT2D eigenvalue weighted by Gasteiger charge is 2.20. The minimum absolute atomic E-state index is 0.0633. The predicted molar refractivity (Wildman–Crippen MR) is 127 cm³/mol. The molecule has 5 rings (SSSR count). The van der Waals surface area contributed by atoms with Crippen molar-refractivity contribution in [2.24, 2.45) is 0 Å². The molecular weight excluding hydrogens is 420 g/mol. The van der Waals surface area contributed by atoms with Gasteiger partial charge in [-0.3, -0.25) is 9.36 Å². The number of fused-ring (bicyclic) bond motifs is 1. The van der Waals surface area contributed by atoms with Crippen molar-refractivity contribution in [1.29, 1.82) is 0 Å². The Bertz CT molecular complexity index is 1530. The van der Waals surface area contributed by atoms with Crippen molar-refractivity contribution in [2.45, 2.75) is 34.2 Å². The lowest BCUT2D eigenvalue weighted by molar-refractivity contribution is 0.433. The van der Waals surface area contributed by atoms with Gasteiger partial charge < -0.3 is 4.52 Å². The maximum atomic E-state index is 13.3. The van der Waals surface area contributed by atoms with Gasteiger partial charge in [-0.15, -0.1) is 11.3 Å². The molecule has 6 nitrogen and oxygen atoms in total. The summed E-state index contributed by atoms with van der Waals surface area (Å²) < 4.78 is 7.21. The predicted octanol–water partition coefficient (Wildman–Crippen LogP) is 5.46. The summed E-state index contributed by atoms with van der Waals surface area (Å²) in [4.78, 5) is 23.9. The molecule has 0 saturated heterocycles. The average Bonchev–Trinajstić information content (AvgIpc) is 3.38. The van der Waals surface area contributed by atoms with Crippen LogP contribution < -0.4 is 5.56 Å². The van der Waals surface area contributed by atoms with Crippen molar-refractivity contribution in [3.63, 3.8) is 0 Å². The fourth-order valence-electron chi connectivity index (χ4n) is 3.79. The normalized spacial score (nSPS) is 11.4. The smallest absolute Gasteiger partial charge is 0.268 e. The summed E-state index contributed by atoms with van der Waals surface area (Å²) in [7, 11) is 0. The van der Waals surface area contributed by atoms with E-state index >= 15 is 0 Å². The highest BCUT2D eigenvalue weighted by Crippen LogP contribution is 2.35. The Labute approximate surface area is 189 Å². The van der Waals surface area contributed by atoms with Crippen LogP contribution in [0, 0.1) is 27.7 Å². The Morgan fingerprint density at radius 1 is 1.03 bits per heavy atom. The minimum atomic E-state index is -0.0633. The first kappa shape index (κ1) is 20.3. The van der Waals surface area contributed by atoms with Crippen LogP contribution in [0.5, 0.6) is 0 Å².